The summed E-state index contributed by atoms with van der Waals surface area (Å²) in [5.74, 6) is 1.66. The Labute approximate surface area is 148 Å². The van der Waals surface area contributed by atoms with Gasteiger partial charge in [-0.3, -0.25) is 0 Å². The van der Waals surface area contributed by atoms with Crippen LogP contribution in [0.2, 0.25) is 0 Å². The van der Waals surface area contributed by atoms with E-state index in [0.717, 1.165) is 25.4 Å². The fourth-order valence-corrected chi connectivity index (χ4v) is 3.71. The van der Waals surface area contributed by atoms with Gasteiger partial charge in [0.05, 0.1) is 6.61 Å². The van der Waals surface area contributed by atoms with E-state index in [1.165, 1.54) is 24.8 Å². The van der Waals surface area contributed by atoms with E-state index < -0.39 is 0 Å². The van der Waals surface area contributed by atoms with Crippen LogP contribution < -0.4 is 10.1 Å². The zero-order chi connectivity index (χ0) is 16.2. The maximum atomic E-state index is 5.97. The number of hydrogen-bond acceptors (Lipinski definition) is 2. The lowest BCUT2D eigenvalue weighted by molar-refractivity contribution is 0.218. The predicted molar refractivity (Wildman–Crippen MR) is 102 cm³/mol. The van der Waals surface area contributed by atoms with E-state index in [0.29, 0.717) is 11.3 Å². The first-order chi connectivity index (χ1) is 10.3. The highest BCUT2D eigenvalue weighted by Gasteiger charge is 2.27. The molecule has 0 amide bonds. The molecule has 132 valence electrons. The Hall–Kier alpha value is -0.730. The lowest BCUT2D eigenvalue weighted by Crippen LogP contribution is -2.33. The molecular weight excluding hydrogens is 306 g/mol. The fraction of sp³-hybridized carbons (Fsp3) is 0.700. The Kier molecular flexibility index (Phi) is 7.41. The van der Waals surface area contributed by atoms with Gasteiger partial charge in [0.15, 0.2) is 0 Å². The normalized spacial score (nSPS) is 19.1. The highest BCUT2D eigenvalue weighted by Crippen LogP contribution is 2.36. The van der Waals surface area contributed by atoms with Crippen LogP contribution in [0.25, 0.3) is 0 Å². The van der Waals surface area contributed by atoms with Crippen molar-refractivity contribution >= 4 is 12.4 Å². The molecule has 23 heavy (non-hydrogen) atoms. The van der Waals surface area contributed by atoms with E-state index in [-0.39, 0.29) is 17.8 Å². The highest BCUT2D eigenvalue weighted by molar-refractivity contribution is 5.85. The molecule has 1 fully saturated rings. The fourth-order valence-electron chi connectivity index (χ4n) is 3.71. The molecule has 1 atom stereocenters. The third-order valence-electron chi connectivity index (χ3n) is 4.49. The van der Waals surface area contributed by atoms with Gasteiger partial charge in [-0.1, -0.05) is 46.8 Å². The van der Waals surface area contributed by atoms with Crippen LogP contribution in [0.4, 0.5) is 0 Å². The molecule has 3 heteroatoms. The average molecular weight is 340 g/mol. The Balaban J connectivity index is 0.00000264. The van der Waals surface area contributed by atoms with Crippen molar-refractivity contribution in [3.63, 3.8) is 0 Å². The van der Waals surface area contributed by atoms with Crippen molar-refractivity contribution < 1.29 is 4.74 Å². The van der Waals surface area contributed by atoms with Crippen LogP contribution in [-0.2, 0) is 5.41 Å². The molecule has 0 saturated carbocycles. The number of hydrogen-bond donors (Lipinski definition) is 1. The molecule has 1 saturated heterocycles. The summed E-state index contributed by atoms with van der Waals surface area (Å²) in [4.78, 5) is 0. The Bertz CT molecular complexity index is 456. The number of benzene rings is 1. The van der Waals surface area contributed by atoms with E-state index in [9.17, 15) is 0 Å². The van der Waals surface area contributed by atoms with Crippen LogP contribution in [0.1, 0.15) is 59.4 Å². The minimum atomic E-state index is 0. The molecule has 0 bridgehead atoms. The van der Waals surface area contributed by atoms with Crippen molar-refractivity contribution in [2.24, 2.45) is 11.3 Å². The van der Waals surface area contributed by atoms with Gasteiger partial charge in [0.25, 0.3) is 0 Å². The van der Waals surface area contributed by atoms with Crippen molar-refractivity contribution in [2.45, 2.75) is 59.3 Å². The Morgan fingerprint density at radius 1 is 1.09 bits per heavy atom. The molecule has 1 aromatic rings. The Morgan fingerprint density at radius 3 is 2.26 bits per heavy atom. The number of piperidine rings is 1. The van der Waals surface area contributed by atoms with Gasteiger partial charge in [0, 0.05) is 12.5 Å². The lowest BCUT2D eigenvalue weighted by Gasteiger charge is -2.33. The van der Waals surface area contributed by atoms with Crippen LogP contribution in [-0.4, -0.2) is 19.7 Å². The van der Waals surface area contributed by atoms with Crippen LogP contribution in [0.5, 0.6) is 5.75 Å². The topological polar surface area (TPSA) is 21.3 Å². The second-order valence-electron chi connectivity index (χ2n) is 8.67. The summed E-state index contributed by atoms with van der Waals surface area (Å²) < 4.78 is 5.97. The molecule has 0 radical (unpaired) electrons. The third-order valence-corrected chi connectivity index (χ3v) is 4.49. The SMILES string of the molecule is CC(C)(C)CC(C)(C)c1ccc(OCC2CCCNC2)cc1.Cl. The standard InChI is InChI=1S/C20H33NO.ClH/c1-19(2,3)15-20(4,5)17-8-10-18(11-9-17)22-14-16-7-6-12-21-13-16;/h8-11,16,21H,6-7,12-15H2,1-5H3;1H. The Morgan fingerprint density at radius 2 is 1.74 bits per heavy atom. The first kappa shape index (κ1) is 20.3. The molecule has 0 spiro atoms. The number of nitrogens with one attached hydrogen (secondary N) is 1. The van der Waals surface area contributed by atoms with Gasteiger partial charge >= 0.3 is 0 Å². The van der Waals surface area contributed by atoms with Gasteiger partial charge in [0.1, 0.15) is 5.75 Å². The molecular formula is C20H34ClNO. The quantitative estimate of drug-likeness (QED) is 0.796. The van der Waals surface area contributed by atoms with Gasteiger partial charge < -0.3 is 10.1 Å². The zero-order valence-electron chi connectivity index (χ0n) is 15.4. The average Bonchev–Trinajstić information content (AvgIpc) is 2.44. The van der Waals surface area contributed by atoms with Crippen molar-refractivity contribution in [3.8, 4) is 5.75 Å². The van der Waals surface area contributed by atoms with Gasteiger partial charge in [-0.05, 0) is 54.3 Å². The largest absolute Gasteiger partial charge is 0.493 e. The summed E-state index contributed by atoms with van der Waals surface area (Å²) in [6.07, 6.45) is 3.73. The van der Waals surface area contributed by atoms with E-state index in [4.69, 9.17) is 4.74 Å². The van der Waals surface area contributed by atoms with Crippen molar-refractivity contribution in [3.05, 3.63) is 29.8 Å². The molecule has 1 heterocycles. The van der Waals surface area contributed by atoms with E-state index in [2.05, 4.69) is 64.2 Å². The lowest BCUT2D eigenvalue weighted by atomic mass is 9.72. The van der Waals surface area contributed by atoms with Crippen LogP contribution >= 0.6 is 12.4 Å². The summed E-state index contributed by atoms with van der Waals surface area (Å²) in [5.41, 5.74) is 1.94. The molecule has 2 nitrogen and oxygen atoms in total. The van der Waals surface area contributed by atoms with Gasteiger partial charge in [0.2, 0.25) is 0 Å². The molecule has 1 unspecified atom stereocenters. The first-order valence-electron chi connectivity index (χ1n) is 8.70. The maximum Gasteiger partial charge on any atom is 0.119 e. The van der Waals surface area contributed by atoms with E-state index in [1.807, 2.05) is 0 Å². The van der Waals surface area contributed by atoms with E-state index in [1.54, 1.807) is 0 Å². The molecule has 2 rings (SSSR count). The second-order valence-corrected chi connectivity index (χ2v) is 8.67. The van der Waals surface area contributed by atoms with Gasteiger partial charge in [-0.15, -0.1) is 12.4 Å². The van der Waals surface area contributed by atoms with Crippen molar-refractivity contribution in [1.29, 1.82) is 0 Å². The molecule has 1 aromatic carbocycles. The molecule has 0 aromatic heterocycles. The molecule has 0 aliphatic carbocycles. The van der Waals surface area contributed by atoms with Crippen molar-refractivity contribution in [1.82, 2.24) is 5.32 Å². The number of halogens is 1. The smallest absolute Gasteiger partial charge is 0.119 e. The summed E-state index contributed by atoms with van der Waals surface area (Å²) >= 11 is 0. The highest BCUT2D eigenvalue weighted by atomic mass is 35.5. The second kappa shape index (κ2) is 8.39. The summed E-state index contributed by atoms with van der Waals surface area (Å²) in [7, 11) is 0. The van der Waals surface area contributed by atoms with Gasteiger partial charge in [-0.2, -0.15) is 0 Å². The molecule has 1 aliphatic heterocycles. The first-order valence-corrected chi connectivity index (χ1v) is 8.70. The molecule has 1 N–H and O–H groups in total. The minimum Gasteiger partial charge on any atom is -0.493 e. The van der Waals surface area contributed by atoms with Crippen LogP contribution in [0, 0.1) is 11.3 Å². The summed E-state index contributed by atoms with van der Waals surface area (Å²) in [5, 5.41) is 3.44. The predicted octanol–water partition coefficient (Wildman–Crippen LogP) is 5.20. The third kappa shape index (κ3) is 6.73. The monoisotopic (exact) mass is 339 g/mol. The van der Waals surface area contributed by atoms with Gasteiger partial charge in [-0.25, -0.2) is 0 Å². The maximum absolute atomic E-state index is 5.97. The van der Waals surface area contributed by atoms with Crippen LogP contribution in [0.3, 0.4) is 0 Å². The summed E-state index contributed by atoms with van der Waals surface area (Å²) in [6.45, 7) is 14.7. The minimum absolute atomic E-state index is 0. The molecule has 1 aliphatic rings. The number of ether oxygens (including phenoxy) is 1. The zero-order valence-corrected chi connectivity index (χ0v) is 16.3. The number of rotatable bonds is 5. The summed E-state index contributed by atoms with van der Waals surface area (Å²) in [6, 6.07) is 8.74. The van der Waals surface area contributed by atoms with Crippen LogP contribution in [0.15, 0.2) is 24.3 Å². The van der Waals surface area contributed by atoms with E-state index >= 15 is 0 Å². The van der Waals surface area contributed by atoms with Crippen molar-refractivity contribution in [2.75, 3.05) is 19.7 Å².